The number of methoxy groups -OCH3 is 1. The topological polar surface area (TPSA) is 45.0 Å². The lowest BCUT2D eigenvalue weighted by Gasteiger charge is -2.26. The van der Waals surface area contributed by atoms with Crippen LogP contribution in [-0.2, 0) is 0 Å². The summed E-state index contributed by atoms with van der Waals surface area (Å²) in [6.45, 7) is 7.14. The van der Waals surface area contributed by atoms with Gasteiger partial charge in [0.1, 0.15) is 11.3 Å². The highest BCUT2D eigenvalue weighted by Gasteiger charge is 2.25. The van der Waals surface area contributed by atoms with Crippen molar-refractivity contribution >= 4 is 11.8 Å². The van der Waals surface area contributed by atoms with E-state index in [2.05, 4.69) is 37.4 Å². The van der Waals surface area contributed by atoms with Crippen molar-refractivity contribution in [3.63, 3.8) is 0 Å². The number of nitriles is 1. The maximum atomic E-state index is 9.36. The second kappa shape index (κ2) is 8.18. The Morgan fingerprint density at radius 3 is 2.55 bits per heavy atom. The van der Waals surface area contributed by atoms with Crippen LogP contribution in [-0.4, -0.2) is 24.4 Å². The van der Waals surface area contributed by atoms with Crippen LogP contribution in [0.1, 0.15) is 33.6 Å². The molecule has 4 heteroatoms. The first-order valence-corrected chi connectivity index (χ1v) is 7.88. The van der Waals surface area contributed by atoms with Gasteiger partial charge in [0, 0.05) is 10.1 Å². The quantitative estimate of drug-likeness (QED) is 0.739. The molecule has 110 valence electrons. The average molecular weight is 292 g/mol. The lowest BCUT2D eigenvalue weighted by molar-refractivity contribution is 0.414. The van der Waals surface area contributed by atoms with E-state index in [1.165, 1.54) is 4.90 Å². The molecule has 2 unspecified atom stereocenters. The molecule has 0 saturated heterocycles. The summed E-state index contributed by atoms with van der Waals surface area (Å²) >= 11 is 1.79. The maximum Gasteiger partial charge on any atom is 0.118 e. The predicted octanol–water partition coefficient (Wildman–Crippen LogP) is 3.85. The SMILES string of the molecule is CCCNC(C)(C#N)CC(C)Sc1ccc(OC)cc1. The highest BCUT2D eigenvalue weighted by molar-refractivity contribution is 7.99. The summed E-state index contributed by atoms with van der Waals surface area (Å²) in [6.07, 6.45) is 1.86. The van der Waals surface area contributed by atoms with Gasteiger partial charge in [-0.15, -0.1) is 11.8 Å². The molecular weight excluding hydrogens is 268 g/mol. The largest absolute Gasteiger partial charge is 0.497 e. The Morgan fingerprint density at radius 1 is 1.40 bits per heavy atom. The third-order valence-corrected chi connectivity index (χ3v) is 4.22. The van der Waals surface area contributed by atoms with Crippen molar-refractivity contribution in [1.82, 2.24) is 5.32 Å². The zero-order chi connectivity index (χ0) is 15.0. The summed E-state index contributed by atoms with van der Waals surface area (Å²) in [5.74, 6) is 0.869. The molecule has 0 aromatic heterocycles. The Hall–Kier alpha value is -1.18. The smallest absolute Gasteiger partial charge is 0.118 e. The van der Waals surface area contributed by atoms with E-state index in [1.807, 2.05) is 19.1 Å². The minimum atomic E-state index is -0.450. The molecule has 1 rings (SSSR count). The zero-order valence-corrected chi connectivity index (χ0v) is 13.6. The van der Waals surface area contributed by atoms with E-state index in [-0.39, 0.29) is 0 Å². The minimum absolute atomic E-state index is 0.373. The molecule has 20 heavy (non-hydrogen) atoms. The third-order valence-electron chi connectivity index (χ3n) is 3.10. The Balaban J connectivity index is 2.56. The van der Waals surface area contributed by atoms with Gasteiger partial charge in [-0.2, -0.15) is 5.26 Å². The van der Waals surface area contributed by atoms with Crippen LogP contribution in [0.3, 0.4) is 0 Å². The van der Waals surface area contributed by atoms with Crippen molar-refractivity contribution < 1.29 is 4.74 Å². The fourth-order valence-corrected chi connectivity index (χ4v) is 3.24. The van der Waals surface area contributed by atoms with Crippen LogP contribution >= 0.6 is 11.8 Å². The van der Waals surface area contributed by atoms with Gasteiger partial charge in [0.25, 0.3) is 0 Å². The van der Waals surface area contributed by atoms with E-state index < -0.39 is 5.54 Å². The summed E-state index contributed by atoms with van der Waals surface area (Å²) in [4.78, 5) is 1.20. The molecule has 0 amide bonds. The number of nitrogens with zero attached hydrogens (tertiary/aromatic N) is 1. The number of benzene rings is 1. The molecule has 1 aromatic carbocycles. The number of rotatable bonds is 8. The lowest BCUT2D eigenvalue weighted by atomic mass is 9.98. The van der Waals surface area contributed by atoms with Gasteiger partial charge >= 0.3 is 0 Å². The van der Waals surface area contributed by atoms with Gasteiger partial charge in [0.05, 0.1) is 13.2 Å². The standard InChI is InChI=1S/C16H24N2OS/c1-5-10-18-16(3,12-17)11-13(2)20-15-8-6-14(19-4)7-9-15/h6-9,13,18H,5,10-11H2,1-4H3. The maximum absolute atomic E-state index is 9.36. The van der Waals surface area contributed by atoms with Crippen LogP contribution in [0, 0.1) is 11.3 Å². The van der Waals surface area contributed by atoms with E-state index in [0.717, 1.165) is 25.1 Å². The van der Waals surface area contributed by atoms with Crippen molar-refractivity contribution in [2.24, 2.45) is 0 Å². The number of hydrogen-bond acceptors (Lipinski definition) is 4. The van der Waals surface area contributed by atoms with Gasteiger partial charge in [-0.05, 0) is 50.6 Å². The van der Waals surface area contributed by atoms with Crippen LogP contribution in [0.2, 0.25) is 0 Å². The van der Waals surface area contributed by atoms with Crippen LogP contribution < -0.4 is 10.1 Å². The first-order chi connectivity index (χ1) is 9.53. The van der Waals surface area contributed by atoms with Crippen LogP contribution in [0.5, 0.6) is 5.75 Å². The summed E-state index contributed by atoms with van der Waals surface area (Å²) in [6, 6.07) is 10.5. The first kappa shape index (κ1) is 16.9. The highest BCUT2D eigenvalue weighted by Crippen LogP contribution is 2.29. The van der Waals surface area contributed by atoms with E-state index in [4.69, 9.17) is 4.74 Å². The second-order valence-electron chi connectivity index (χ2n) is 5.18. The Bertz CT molecular complexity index is 441. The monoisotopic (exact) mass is 292 g/mol. The van der Waals surface area contributed by atoms with Crippen molar-refractivity contribution in [2.45, 2.75) is 49.3 Å². The van der Waals surface area contributed by atoms with E-state index in [0.29, 0.717) is 5.25 Å². The Morgan fingerprint density at radius 2 is 2.05 bits per heavy atom. The summed E-state index contributed by atoms with van der Waals surface area (Å²) in [5, 5.41) is 13.1. The fourth-order valence-electron chi connectivity index (χ4n) is 2.06. The molecule has 0 heterocycles. The zero-order valence-electron chi connectivity index (χ0n) is 12.8. The predicted molar refractivity (Wildman–Crippen MR) is 85.2 cm³/mol. The molecule has 0 saturated carbocycles. The first-order valence-electron chi connectivity index (χ1n) is 7.00. The summed E-state index contributed by atoms with van der Waals surface area (Å²) < 4.78 is 5.15. The van der Waals surface area contributed by atoms with E-state index in [1.54, 1.807) is 18.9 Å². The normalized spacial score (nSPS) is 15.2. The van der Waals surface area contributed by atoms with Gasteiger partial charge in [-0.3, -0.25) is 5.32 Å². The molecule has 0 aliphatic carbocycles. The molecular formula is C16H24N2OS. The molecule has 1 N–H and O–H groups in total. The molecule has 0 aliphatic heterocycles. The average Bonchev–Trinajstić information content (AvgIpc) is 2.46. The Labute approximate surface area is 126 Å². The van der Waals surface area contributed by atoms with Gasteiger partial charge in [0.2, 0.25) is 0 Å². The Kier molecular flexibility index (Phi) is 6.90. The van der Waals surface area contributed by atoms with Gasteiger partial charge in [-0.1, -0.05) is 13.8 Å². The van der Waals surface area contributed by atoms with Crippen LogP contribution in [0.15, 0.2) is 29.2 Å². The van der Waals surface area contributed by atoms with E-state index >= 15 is 0 Å². The van der Waals surface area contributed by atoms with Crippen LogP contribution in [0.25, 0.3) is 0 Å². The molecule has 2 atom stereocenters. The molecule has 0 bridgehead atoms. The van der Waals surface area contributed by atoms with Gasteiger partial charge in [0.15, 0.2) is 0 Å². The number of nitrogens with one attached hydrogen (secondary N) is 1. The number of thioether (sulfide) groups is 1. The molecule has 0 spiro atoms. The fraction of sp³-hybridized carbons (Fsp3) is 0.562. The van der Waals surface area contributed by atoms with Crippen molar-refractivity contribution in [1.29, 1.82) is 5.26 Å². The molecule has 0 fully saturated rings. The number of ether oxygens (including phenoxy) is 1. The molecule has 0 aliphatic rings. The van der Waals surface area contributed by atoms with Crippen LogP contribution in [0.4, 0.5) is 0 Å². The van der Waals surface area contributed by atoms with Gasteiger partial charge < -0.3 is 4.74 Å². The summed E-state index contributed by atoms with van der Waals surface area (Å²) in [5.41, 5.74) is -0.450. The lowest BCUT2D eigenvalue weighted by Crippen LogP contribution is -2.43. The number of hydrogen-bond donors (Lipinski definition) is 1. The summed E-state index contributed by atoms with van der Waals surface area (Å²) in [7, 11) is 1.67. The second-order valence-corrected chi connectivity index (χ2v) is 6.69. The van der Waals surface area contributed by atoms with E-state index in [9.17, 15) is 5.26 Å². The third kappa shape index (κ3) is 5.44. The van der Waals surface area contributed by atoms with Crippen molar-refractivity contribution in [3.8, 4) is 11.8 Å². The van der Waals surface area contributed by atoms with Crippen molar-refractivity contribution in [3.05, 3.63) is 24.3 Å². The molecule has 1 aromatic rings. The van der Waals surface area contributed by atoms with Crippen molar-refractivity contribution in [2.75, 3.05) is 13.7 Å². The molecule has 0 radical (unpaired) electrons. The molecule has 3 nitrogen and oxygen atoms in total. The van der Waals surface area contributed by atoms with Gasteiger partial charge in [-0.25, -0.2) is 0 Å². The highest BCUT2D eigenvalue weighted by atomic mass is 32.2. The minimum Gasteiger partial charge on any atom is -0.497 e.